The van der Waals surface area contributed by atoms with Crippen molar-refractivity contribution < 1.29 is 9.53 Å². The molecule has 1 N–H and O–H groups in total. The lowest BCUT2D eigenvalue weighted by Gasteiger charge is -2.35. The maximum Gasteiger partial charge on any atom is 0.251 e. The van der Waals surface area contributed by atoms with Crippen LogP contribution in [0.4, 0.5) is 0 Å². The highest BCUT2D eigenvalue weighted by molar-refractivity contribution is 9.10. The molecule has 1 saturated heterocycles. The summed E-state index contributed by atoms with van der Waals surface area (Å²) in [6.07, 6.45) is 2.04. The van der Waals surface area contributed by atoms with Crippen LogP contribution in [0.25, 0.3) is 0 Å². The first kappa shape index (κ1) is 17.2. The Bertz CT molecular complexity index is 695. The van der Waals surface area contributed by atoms with Crippen molar-refractivity contribution in [2.45, 2.75) is 6.04 Å². The molecule has 1 aromatic carbocycles. The molecule has 0 aliphatic carbocycles. The number of amides is 1. The highest BCUT2D eigenvalue weighted by atomic mass is 79.9. The second-order valence-corrected chi connectivity index (χ2v) is 6.84. The van der Waals surface area contributed by atoms with E-state index < -0.39 is 0 Å². The van der Waals surface area contributed by atoms with Crippen LogP contribution >= 0.6 is 15.9 Å². The fraction of sp³-hybridized carbons (Fsp3) is 0.389. The summed E-state index contributed by atoms with van der Waals surface area (Å²) in [7, 11) is 2.04. The Hall–Kier alpha value is -1.63. The van der Waals surface area contributed by atoms with Crippen LogP contribution in [0.3, 0.4) is 0 Å². The predicted octanol–water partition coefficient (Wildman–Crippen LogP) is 2.59. The first-order valence-electron chi connectivity index (χ1n) is 8.12. The number of hydrogen-bond donors (Lipinski definition) is 1. The summed E-state index contributed by atoms with van der Waals surface area (Å²) in [5, 5.41) is 3.08. The minimum absolute atomic E-state index is 0.0521. The molecular formula is C18H22BrN3O2. The monoisotopic (exact) mass is 391 g/mol. The van der Waals surface area contributed by atoms with Crippen molar-refractivity contribution in [2.24, 2.45) is 7.05 Å². The molecule has 6 heteroatoms. The van der Waals surface area contributed by atoms with Gasteiger partial charge < -0.3 is 14.6 Å². The second-order valence-electron chi connectivity index (χ2n) is 5.93. The third-order valence-corrected chi connectivity index (χ3v) is 4.85. The van der Waals surface area contributed by atoms with E-state index in [1.54, 1.807) is 0 Å². The first-order valence-corrected chi connectivity index (χ1v) is 8.91. The van der Waals surface area contributed by atoms with E-state index in [4.69, 9.17) is 4.74 Å². The van der Waals surface area contributed by atoms with Crippen LogP contribution in [-0.4, -0.2) is 48.2 Å². The largest absolute Gasteiger partial charge is 0.379 e. The number of hydrogen-bond acceptors (Lipinski definition) is 3. The predicted molar refractivity (Wildman–Crippen MR) is 97.0 cm³/mol. The van der Waals surface area contributed by atoms with Gasteiger partial charge in [-0.25, -0.2) is 0 Å². The molecule has 0 bridgehead atoms. The molecule has 3 rings (SSSR count). The zero-order chi connectivity index (χ0) is 16.9. The Kier molecular flexibility index (Phi) is 5.71. The van der Waals surface area contributed by atoms with Gasteiger partial charge in [0.15, 0.2) is 0 Å². The summed E-state index contributed by atoms with van der Waals surface area (Å²) >= 11 is 3.41. The number of rotatable bonds is 5. The van der Waals surface area contributed by atoms with Crippen LogP contribution in [0, 0.1) is 0 Å². The highest BCUT2D eigenvalue weighted by Crippen LogP contribution is 2.21. The average molecular weight is 392 g/mol. The molecule has 1 unspecified atom stereocenters. The van der Waals surface area contributed by atoms with Gasteiger partial charge in [-0.1, -0.05) is 22.0 Å². The topological polar surface area (TPSA) is 46.5 Å². The standard InChI is InChI=1S/C18H22BrN3O2/c1-21-7-3-6-16(21)17(22-8-10-24-11-9-22)13-20-18(23)14-4-2-5-15(19)12-14/h2-7,12,17H,8-11,13H2,1H3,(H,20,23). The van der Waals surface area contributed by atoms with Gasteiger partial charge in [-0.2, -0.15) is 0 Å². The van der Waals surface area contributed by atoms with Gasteiger partial charge in [-0.05, 0) is 30.3 Å². The third-order valence-electron chi connectivity index (χ3n) is 4.35. The van der Waals surface area contributed by atoms with Gasteiger partial charge in [0.1, 0.15) is 0 Å². The summed E-state index contributed by atoms with van der Waals surface area (Å²) in [5.41, 5.74) is 1.86. The molecule has 5 nitrogen and oxygen atoms in total. The number of carbonyl (C=O) groups excluding carboxylic acids is 1. The van der Waals surface area contributed by atoms with Gasteiger partial charge in [0.05, 0.1) is 19.3 Å². The van der Waals surface area contributed by atoms with Crippen LogP contribution in [0.15, 0.2) is 47.1 Å². The van der Waals surface area contributed by atoms with E-state index in [0.717, 1.165) is 30.8 Å². The number of halogens is 1. The number of nitrogens with zero attached hydrogens (tertiary/aromatic N) is 2. The normalized spacial score (nSPS) is 16.8. The zero-order valence-electron chi connectivity index (χ0n) is 13.7. The molecule has 2 aromatic rings. The Morgan fingerprint density at radius 2 is 2.08 bits per heavy atom. The highest BCUT2D eigenvalue weighted by Gasteiger charge is 2.25. The zero-order valence-corrected chi connectivity index (χ0v) is 15.3. The fourth-order valence-corrected chi connectivity index (χ4v) is 3.45. The molecule has 1 aromatic heterocycles. The molecule has 2 heterocycles. The fourth-order valence-electron chi connectivity index (χ4n) is 3.05. The number of morpholine rings is 1. The summed E-state index contributed by atoms with van der Waals surface area (Å²) in [5.74, 6) is -0.0521. The molecule has 0 radical (unpaired) electrons. The van der Waals surface area contributed by atoms with Crippen molar-refractivity contribution in [1.82, 2.24) is 14.8 Å². The van der Waals surface area contributed by atoms with Crippen LogP contribution in [0.2, 0.25) is 0 Å². The van der Waals surface area contributed by atoms with Gasteiger partial charge in [-0.15, -0.1) is 0 Å². The SMILES string of the molecule is Cn1cccc1C(CNC(=O)c1cccc(Br)c1)N1CCOCC1. The lowest BCUT2D eigenvalue weighted by Crippen LogP contribution is -2.44. The van der Waals surface area contributed by atoms with Crippen LogP contribution in [0.1, 0.15) is 22.1 Å². The number of ether oxygens (including phenoxy) is 1. The van der Waals surface area contributed by atoms with E-state index in [9.17, 15) is 4.79 Å². The Labute approximate surface area is 150 Å². The van der Waals surface area contributed by atoms with Crippen LogP contribution < -0.4 is 5.32 Å². The minimum Gasteiger partial charge on any atom is -0.379 e. The third kappa shape index (κ3) is 4.06. The maximum atomic E-state index is 12.5. The van der Waals surface area contributed by atoms with Crippen molar-refractivity contribution in [3.63, 3.8) is 0 Å². The van der Waals surface area contributed by atoms with Crippen molar-refractivity contribution in [3.8, 4) is 0 Å². The van der Waals surface area contributed by atoms with E-state index in [0.29, 0.717) is 12.1 Å². The van der Waals surface area contributed by atoms with Crippen molar-refractivity contribution in [3.05, 3.63) is 58.3 Å². The quantitative estimate of drug-likeness (QED) is 0.851. The number of aryl methyl sites for hydroxylation is 1. The van der Waals surface area contributed by atoms with Gasteiger partial charge in [0, 0.05) is 48.6 Å². The summed E-state index contributed by atoms with van der Waals surface area (Å²) in [4.78, 5) is 14.8. The van der Waals surface area contributed by atoms with Gasteiger partial charge >= 0.3 is 0 Å². The van der Waals surface area contributed by atoms with E-state index in [1.807, 2.05) is 43.6 Å². The van der Waals surface area contributed by atoms with Gasteiger partial charge in [0.2, 0.25) is 0 Å². The molecule has 1 amide bonds. The summed E-state index contributed by atoms with van der Waals surface area (Å²) in [6.45, 7) is 3.80. The van der Waals surface area contributed by atoms with Gasteiger partial charge in [0.25, 0.3) is 5.91 Å². The molecule has 128 valence electrons. The van der Waals surface area contributed by atoms with Crippen LogP contribution in [-0.2, 0) is 11.8 Å². The smallest absolute Gasteiger partial charge is 0.251 e. The molecule has 1 aliphatic heterocycles. The maximum absolute atomic E-state index is 12.5. The van der Waals surface area contributed by atoms with E-state index >= 15 is 0 Å². The molecule has 0 spiro atoms. The summed E-state index contributed by atoms with van der Waals surface area (Å²) < 4.78 is 8.49. The first-order chi connectivity index (χ1) is 11.6. The van der Waals surface area contributed by atoms with E-state index in [2.05, 4.69) is 36.8 Å². The van der Waals surface area contributed by atoms with Crippen molar-refractivity contribution in [2.75, 3.05) is 32.8 Å². The Morgan fingerprint density at radius 1 is 1.29 bits per heavy atom. The number of aromatic nitrogens is 1. The van der Waals surface area contributed by atoms with Crippen molar-refractivity contribution in [1.29, 1.82) is 0 Å². The molecule has 1 atom stereocenters. The number of nitrogens with one attached hydrogen (secondary N) is 1. The lowest BCUT2D eigenvalue weighted by molar-refractivity contribution is 0.0148. The van der Waals surface area contributed by atoms with Crippen LogP contribution in [0.5, 0.6) is 0 Å². The second kappa shape index (κ2) is 7.96. The molecule has 1 fully saturated rings. The minimum atomic E-state index is -0.0521. The molecule has 0 saturated carbocycles. The van der Waals surface area contributed by atoms with E-state index in [-0.39, 0.29) is 11.9 Å². The van der Waals surface area contributed by atoms with Crippen molar-refractivity contribution >= 4 is 21.8 Å². The molecular weight excluding hydrogens is 370 g/mol. The number of carbonyl (C=O) groups is 1. The van der Waals surface area contributed by atoms with Gasteiger partial charge in [-0.3, -0.25) is 9.69 Å². The Balaban J connectivity index is 1.72. The Morgan fingerprint density at radius 3 is 2.75 bits per heavy atom. The molecule has 24 heavy (non-hydrogen) atoms. The van der Waals surface area contributed by atoms with E-state index in [1.165, 1.54) is 5.69 Å². The molecule has 1 aliphatic rings. The summed E-state index contributed by atoms with van der Waals surface area (Å²) in [6, 6.07) is 11.7. The number of benzene rings is 1. The average Bonchev–Trinajstić information content (AvgIpc) is 3.02. The lowest BCUT2D eigenvalue weighted by atomic mass is 10.1.